The molecule has 0 amide bonds. The van der Waals surface area contributed by atoms with E-state index in [1.165, 1.54) is 17.4 Å². The van der Waals surface area contributed by atoms with Gasteiger partial charge in [-0.2, -0.15) is 0 Å². The predicted octanol–water partition coefficient (Wildman–Crippen LogP) is 2.23. The Morgan fingerprint density at radius 3 is 2.84 bits per heavy atom. The minimum Gasteiger partial charge on any atom is -0.334 e. The molecule has 100 valence electrons. The van der Waals surface area contributed by atoms with Crippen LogP contribution in [0.15, 0.2) is 29.6 Å². The highest BCUT2D eigenvalue weighted by atomic mass is 32.1. The fourth-order valence-electron chi connectivity index (χ4n) is 2.01. The van der Waals surface area contributed by atoms with Crippen molar-refractivity contribution in [2.24, 2.45) is 0 Å². The minimum absolute atomic E-state index is 0.0355. The molecule has 0 radical (unpaired) electrons. The van der Waals surface area contributed by atoms with Crippen molar-refractivity contribution in [1.29, 1.82) is 0 Å². The molecule has 2 aromatic rings. The molecule has 0 unspecified atom stereocenters. The average Bonchev–Trinajstić information content (AvgIpc) is 2.89. The molecule has 1 aliphatic rings. The van der Waals surface area contributed by atoms with E-state index in [2.05, 4.69) is 20.9 Å². The first-order valence-electron chi connectivity index (χ1n) is 6.27. The molecule has 0 atom stereocenters. The number of halogens is 1. The molecular weight excluding hydrogens is 263 g/mol. The largest absolute Gasteiger partial charge is 0.334 e. The second-order valence-corrected chi connectivity index (χ2v) is 5.21. The summed E-state index contributed by atoms with van der Waals surface area (Å²) in [6, 6.07) is 6.69. The van der Waals surface area contributed by atoms with Gasteiger partial charge in [0.1, 0.15) is 12.1 Å². The fraction of sp³-hybridized carbons (Fsp3) is 0.308. The minimum atomic E-state index is -0.242. The lowest BCUT2D eigenvalue weighted by Crippen LogP contribution is -2.52. The van der Waals surface area contributed by atoms with Gasteiger partial charge in [-0.3, -0.25) is 10.6 Å². The Balaban J connectivity index is 1.74. The van der Waals surface area contributed by atoms with Gasteiger partial charge in [0.2, 0.25) is 0 Å². The topological polar surface area (TPSA) is 49.0 Å². The van der Waals surface area contributed by atoms with Crippen molar-refractivity contribution in [3.8, 4) is 11.3 Å². The fourth-order valence-corrected chi connectivity index (χ4v) is 2.75. The molecule has 0 bridgehead atoms. The van der Waals surface area contributed by atoms with E-state index in [-0.39, 0.29) is 12.1 Å². The van der Waals surface area contributed by atoms with E-state index in [1.807, 2.05) is 11.4 Å². The van der Waals surface area contributed by atoms with Crippen LogP contribution in [0.25, 0.3) is 11.3 Å². The van der Waals surface area contributed by atoms with Gasteiger partial charge in [0.05, 0.1) is 5.69 Å². The smallest absolute Gasteiger partial charge is 0.185 e. The number of nitrogens with zero attached hydrogens (tertiary/aromatic N) is 1. The van der Waals surface area contributed by atoms with Crippen molar-refractivity contribution < 1.29 is 4.39 Å². The van der Waals surface area contributed by atoms with Crippen molar-refractivity contribution in [3.05, 3.63) is 35.5 Å². The molecule has 3 rings (SSSR count). The highest BCUT2D eigenvalue weighted by Gasteiger charge is 2.14. The lowest BCUT2D eigenvalue weighted by molar-refractivity contribution is 0.402. The second-order valence-electron chi connectivity index (χ2n) is 4.36. The highest BCUT2D eigenvalue weighted by Crippen LogP contribution is 2.26. The number of anilines is 1. The summed E-state index contributed by atoms with van der Waals surface area (Å²) in [6.45, 7) is 1.96. The Kier molecular flexibility index (Phi) is 3.72. The van der Waals surface area contributed by atoms with Crippen LogP contribution in [0.3, 0.4) is 0 Å². The number of thiazole rings is 1. The molecule has 1 saturated heterocycles. The molecule has 1 aromatic carbocycles. The first kappa shape index (κ1) is 12.5. The van der Waals surface area contributed by atoms with Crippen LogP contribution in [0.2, 0.25) is 0 Å². The van der Waals surface area contributed by atoms with Crippen LogP contribution in [-0.4, -0.2) is 24.4 Å². The van der Waals surface area contributed by atoms with Gasteiger partial charge in [-0.1, -0.05) is 12.1 Å². The molecule has 3 N–H and O–H groups in total. The number of hydrogen-bond donors (Lipinski definition) is 3. The summed E-state index contributed by atoms with van der Waals surface area (Å²) in [5.41, 5.74) is 1.21. The molecule has 1 aliphatic heterocycles. The molecule has 6 heteroatoms. The predicted molar refractivity (Wildman–Crippen MR) is 75.5 cm³/mol. The Hall–Kier alpha value is -1.50. The van der Waals surface area contributed by atoms with Crippen molar-refractivity contribution in [1.82, 2.24) is 15.6 Å². The Morgan fingerprint density at radius 1 is 1.26 bits per heavy atom. The van der Waals surface area contributed by atoms with Crippen LogP contribution in [0.4, 0.5) is 9.52 Å². The average molecular weight is 278 g/mol. The van der Waals surface area contributed by atoms with E-state index in [0.717, 1.165) is 24.6 Å². The zero-order chi connectivity index (χ0) is 13.1. The second kappa shape index (κ2) is 5.64. The Labute approximate surface area is 115 Å². The Morgan fingerprint density at radius 2 is 2.05 bits per heavy atom. The zero-order valence-corrected chi connectivity index (χ0v) is 11.1. The van der Waals surface area contributed by atoms with Gasteiger partial charge in [-0.15, -0.1) is 11.3 Å². The number of nitrogens with one attached hydrogen (secondary N) is 3. The summed E-state index contributed by atoms with van der Waals surface area (Å²) in [5, 5.41) is 12.5. The van der Waals surface area contributed by atoms with Crippen LogP contribution < -0.4 is 16.0 Å². The maximum absolute atomic E-state index is 13.7. The molecule has 4 nitrogen and oxygen atoms in total. The quantitative estimate of drug-likeness (QED) is 0.806. The molecular formula is C13H15FN4S. The van der Waals surface area contributed by atoms with Gasteiger partial charge in [-0.05, 0) is 31.6 Å². The van der Waals surface area contributed by atoms with E-state index < -0.39 is 0 Å². The number of benzene rings is 1. The Bertz CT molecular complexity index is 551. The summed E-state index contributed by atoms with van der Waals surface area (Å²) in [4.78, 5) is 4.42. The zero-order valence-electron chi connectivity index (χ0n) is 10.3. The van der Waals surface area contributed by atoms with Crippen LogP contribution in [0.1, 0.15) is 6.42 Å². The molecule has 2 heterocycles. The van der Waals surface area contributed by atoms with E-state index >= 15 is 0 Å². The van der Waals surface area contributed by atoms with E-state index in [0.29, 0.717) is 11.3 Å². The summed E-state index contributed by atoms with van der Waals surface area (Å²) in [5.74, 6) is -0.242. The van der Waals surface area contributed by atoms with E-state index in [4.69, 9.17) is 0 Å². The molecule has 0 spiro atoms. The van der Waals surface area contributed by atoms with Gasteiger partial charge in [0, 0.05) is 10.9 Å². The highest BCUT2D eigenvalue weighted by molar-refractivity contribution is 7.14. The van der Waals surface area contributed by atoms with Crippen LogP contribution >= 0.6 is 11.3 Å². The van der Waals surface area contributed by atoms with Gasteiger partial charge < -0.3 is 5.32 Å². The van der Waals surface area contributed by atoms with Crippen molar-refractivity contribution in [2.45, 2.75) is 12.7 Å². The van der Waals surface area contributed by atoms with Gasteiger partial charge in [-0.25, -0.2) is 9.37 Å². The summed E-state index contributed by atoms with van der Waals surface area (Å²) < 4.78 is 13.7. The number of rotatable bonds is 3. The summed E-state index contributed by atoms with van der Waals surface area (Å²) in [6.07, 6.45) is 1.16. The van der Waals surface area contributed by atoms with Gasteiger partial charge in [0.15, 0.2) is 5.13 Å². The molecule has 1 fully saturated rings. The van der Waals surface area contributed by atoms with Gasteiger partial charge in [0.25, 0.3) is 0 Å². The van der Waals surface area contributed by atoms with Crippen LogP contribution in [0, 0.1) is 5.82 Å². The summed E-state index contributed by atoms with van der Waals surface area (Å²) >= 11 is 1.48. The lowest BCUT2D eigenvalue weighted by atomic mass is 10.2. The lowest BCUT2D eigenvalue weighted by Gasteiger charge is -2.25. The third kappa shape index (κ3) is 2.91. The first-order chi connectivity index (χ1) is 9.33. The van der Waals surface area contributed by atoms with E-state index in [9.17, 15) is 4.39 Å². The molecule has 0 saturated carbocycles. The third-order valence-corrected chi connectivity index (χ3v) is 3.75. The van der Waals surface area contributed by atoms with Crippen molar-refractivity contribution in [2.75, 3.05) is 18.4 Å². The van der Waals surface area contributed by atoms with Crippen molar-refractivity contribution >= 4 is 16.5 Å². The maximum atomic E-state index is 13.7. The molecule has 19 heavy (non-hydrogen) atoms. The number of hydrogen-bond acceptors (Lipinski definition) is 5. The maximum Gasteiger partial charge on any atom is 0.185 e. The summed E-state index contributed by atoms with van der Waals surface area (Å²) in [7, 11) is 0. The standard InChI is InChI=1S/C13H15FN4S/c14-10-5-2-1-4-9(10)11-8-19-13(17-11)18-12-15-6-3-7-16-12/h1-2,4-5,8,12,15-16H,3,6-7H2,(H,17,18). The van der Waals surface area contributed by atoms with E-state index in [1.54, 1.807) is 12.1 Å². The van der Waals surface area contributed by atoms with Crippen molar-refractivity contribution in [3.63, 3.8) is 0 Å². The molecule has 1 aromatic heterocycles. The SMILES string of the molecule is Fc1ccccc1-c1csc(NC2NCCCN2)n1. The van der Waals surface area contributed by atoms with Crippen LogP contribution in [-0.2, 0) is 0 Å². The van der Waals surface area contributed by atoms with Crippen LogP contribution in [0.5, 0.6) is 0 Å². The van der Waals surface area contributed by atoms with Gasteiger partial charge >= 0.3 is 0 Å². The third-order valence-electron chi connectivity index (χ3n) is 2.97. The number of aromatic nitrogens is 1. The first-order valence-corrected chi connectivity index (χ1v) is 7.14. The normalized spacial score (nSPS) is 16.5. The molecule has 0 aliphatic carbocycles. The monoisotopic (exact) mass is 278 g/mol.